The minimum Gasteiger partial charge on any atom is -0.493 e. The molecule has 0 aliphatic heterocycles. The number of carbonyl (C=O) groups excluding carboxylic acids is 1. The molecular weight excluding hydrogens is 402 g/mol. The van der Waals surface area contributed by atoms with E-state index >= 15 is 0 Å². The molecule has 3 rings (SSSR count). The number of aromatic nitrogens is 3. The topological polar surface area (TPSA) is 93.5 Å². The van der Waals surface area contributed by atoms with Crippen molar-refractivity contribution in [3.05, 3.63) is 63.7 Å². The van der Waals surface area contributed by atoms with Crippen LogP contribution in [0.5, 0.6) is 11.5 Å². The van der Waals surface area contributed by atoms with Gasteiger partial charge in [0.2, 0.25) is 4.77 Å². The summed E-state index contributed by atoms with van der Waals surface area (Å²) in [6.07, 6.45) is 1.64. The van der Waals surface area contributed by atoms with Gasteiger partial charge < -0.3 is 14.8 Å². The number of ether oxygens (including phenoxy) is 2. The molecule has 0 saturated heterocycles. The van der Waals surface area contributed by atoms with Crippen molar-refractivity contribution in [2.75, 3.05) is 19.0 Å². The van der Waals surface area contributed by atoms with Gasteiger partial charge in [-0.2, -0.15) is 14.9 Å². The van der Waals surface area contributed by atoms with Crippen molar-refractivity contribution in [3.8, 4) is 11.5 Å². The zero-order chi connectivity index (χ0) is 21.7. The van der Waals surface area contributed by atoms with Gasteiger partial charge in [0.1, 0.15) is 5.82 Å². The molecule has 1 aromatic heterocycles. The highest BCUT2D eigenvalue weighted by atomic mass is 32.1. The number of benzene rings is 2. The highest BCUT2D eigenvalue weighted by Crippen LogP contribution is 2.27. The van der Waals surface area contributed by atoms with Gasteiger partial charge in [-0.3, -0.25) is 9.89 Å². The van der Waals surface area contributed by atoms with Crippen LogP contribution < -0.4 is 14.8 Å². The van der Waals surface area contributed by atoms with Crippen LogP contribution in [0.2, 0.25) is 0 Å². The van der Waals surface area contributed by atoms with Crippen LogP contribution in [-0.2, 0) is 4.79 Å². The van der Waals surface area contributed by atoms with E-state index in [9.17, 15) is 4.79 Å². The van der Waals surface area contributed by atoms with Crippen LogP contribution in [-0.4, -0.2) is 40.7 Å². The third kappa shape index (κ3) is 5.12. The van der Waals surface area contributed by atoms with Crippen molar-refractivity contribution in [1.82, 2.24) is 14.9 Å². The number of rotatable bonds is 7. The molecule has 2 aromatic carbocycles. The minimum atomic E-state index is -0.251. The summed E-state index contributed by atoms with van der Waals surface area (Å²) in [4.78, 5) is 12.3. The Labute approximate surface area is 179 Å². The van der Waals surface area contributed by atoms with Crippen LogP contribution in [0.3, 0.4) is 0 Å². The fourth-order valence-electron chi connectivity index (χ4n) is 2.80. The number of hydrogen-bond donors (Lipinski definition) is 2. The molecule has 8 nitrogen and oxygen atoms in total. The summed E-state index contributed by atoms with van der Waals surface area (Å²) in [6.45, 7) is 5.61. The summed E-state index contributed by atoms with van der Waals surface area (Å²) >= 11 is 5.13. The van der Waals surface area contributed by atoms with Crippen molar-refractivity contribution in [3.63, 3.8) is 0 Å². The van der Waals surface area contributed by atoms with Crippen LogP contribution in [0.4, 0.5) is 5.69 Å². The Morgan fingerprint density at radius 3 is 2.70 bits per heavy atom. The molecule has 0 unspecified atom stereocenters. The number of methoxy groups -OCH3 is 1. The van der Waals surface area contributed by atoms with E-state index in [4.69, 9.17) is 21.7 Å². The van der Waals surface area contributed by atoms with Crippen LogP contribution in [0.1, 0.15) is 22.5 Å². The molecule has 1 amide bonds. The predicted octanol–water partition coefficient (Wildman–Crippen LogP) is 3.77. The molecule has 30 heavy (non-hydrogen) atoms. The molecule has 0 fully saturated rings. The highest BCUT2D eigenvalue weighted by Gasteiger charge is 2.10. The van der Waals surface area contributed by atoms with Gasteiger partial charge in [-0.1, -0.05) is 17.7 Å². The van der Waals surface area contributed by atoms with E-state index in [1.807, 2.05) is 38.1 Å². The van der Waals surface area contributed by atoms with Crippen molar-refractivity contribution < 1.29 is 14.3 Å². The van der Waals surface area contributed by atoms with Crippen molar-refractivity contribution >= 4 is 30.0 Å². The predicted molar refractivity (Wildman–Crippen MR) is 118 cm³/mol. The normalized spacial score (nSPS) is 10.9. The summed E-state index contributed by atoms with van der Waals surface area (Å²) in [5, 5.41) is 13.8. The van der Waals surface area contributed by atoms with E-state index in [1.165, 1.54) is 11.8 Å². The number of hydrogen-bond acceptors (Lipinski definition) is 6. The number of H-pyrrole nitrogens is 1. The second-order valence-electron chi connectivity index (χ2n) is 6.70. The van der Waals surface area contributed by atoms with E-state index in [0.717, 1.165) is 22.4 Å². The Bertz CT molecular complexity index is 1150. The first kappa shape index (κ1) is 21.3. The quantitative estimate of drug-likeness (QED) is 0.444. The van der Waals surface area contributed by atoms with Gasteiger partial charge in [0.25, 0.3) is 5.91 Å². The average Bonchev–Trinajstić information content (AvgIpc) is 3.04. The fourth-order valence-corrected chi connectivity index (χ4v) is 3.02. The van der Waals surface area contributed by atoms with Crippen molar-refractivity contribution in [2.24, 2.45) is 5.10 Å². The lowest BCUT2D eigenvalue weighted by atomic mass is 10.1. The number of carbonyl (C=O) groups is 1. The number of aromatic amines is 1. The molecule has 1 heterocycles. The molecule has 0 aliphatic rings. The molecule has 3 aromatic rings. The van der Waals surface area contributed by atoms with E-state index in [1.54, 1.807) is 25.3 Å². The lowest BCUT2D eigenvalue weighted by molar-refractivity contribution is -0.118. The molecule has 0 bridgehead atoms. The maximum Gasteiger partial charge on any atom is 0.262 e. The maximum atomic E-state index is 12.3. The fraction of sp³-hybridized carbons (Fsp3) is 0.238. The Balaban J connectivity index is 1.66. The second-order valence-corrected chi connectivity index (χ2v) is 7.08. The molecule has 0 atom stereocenters. The number of anilines is 1. The third-order valence-electron chi connectivity index (χ3n) is 4.34. The molecule has 0 spiro atoms. The van der Waals surface area contributed by atoms with Crippen molar-refractivity contribution in [1.29, 1.82) is 0 Å². The van der Waals surface area contributed by atoms with Gasteiger partial charge in [0.15, 0.2) is 18.1 Å². The minimum absolute atomic E-state index is 0.138. The third-order valence-corrected chi connectivity index (χ3v) is 4.60. The lowest BCUT2D eigenvalue weighted by Gasteiger charge is -2.12. The SMILES string of the molecule is COc1cc(/C=N/n2c(C)n[nH]c2=S)ccc1OCC(=O)Nc1ccc(C)cc1C. The Kier molecular flexibility index (Phi) is 6.63. The van der Waals surface area contributed by atoms with Gasteiger partial charge >= 0.3 is 0 Å². The maximum absolute atomic E-state index is 12.3. The average molecular weight is 426 g/mol. The second kappa shape index (κ2) is 9.36. The van der Waals surface area contributed by atoms with Gasteiger partial charge in [-0.05, 0) is 68.4 Å². The number of nitrogens with one attached hydrogen (secondary N) is 2. The van der Waals surface area contributed by atoms with Crippen molar-refractivity contribution in [2.45, 2.75) is 20.8 Å². The Morgan fingerprint density at radius 2 is 2.03 bits per heavy atom. The first-order valence-corrected chi connectivity index (χ1v) is 9.64. The number of nitrogens with zero attached hydrogens (tertiary/aromatic N) is 3. The summed E-state index contributed by atoms with van der Waals surface area (Å²) < 4.78 is 13.0. The summed E-state index contributed by atoms with van der Waals surface area (Å²) in [7, 11) is 1.54. The Hall–Kier alpha value is -3.46. The van der Waals surface area contributed by atoms with E-state index in [0.29, 0.717) is 22.1 Å². The summed E-state index contributed by atoms with van der Waals surface area (Å²) in [6, 6.07) is 11.1. The monoisotopic (exact) mass is 425 g/mol. The Morgan fingerprint density at radius 1 is 1.23 bits per heavy atom. The standard InChI is InChI=1S/C21H23N5O3S/c1-13-5-7-17(14(2)9-13)23-20(27)12-29-18-8-6-16(10-19(18)28-4)11-22-26-15(3)24-25-21(26)30/h5-11H,12H2,1-4H3,(H,23,27)(H,25,30)/b22-11+. The molecular formula is C21H23N5O3S. The van der Waals surface area contributed by atoms with E-state index in [-0.39, 0.29) is 12.5 Å². The van der Waals surface area contributed by atoms with Crippen LogP contribution >= 0.6 is 12.2 Å². The van der Waals surface area contributed by atoms with Crippen LogP contribution in [0.25, 0.3) is 0 Å². The van der Waals surface area contributed by atoms with E-state index < -0.39 is 0 Å². The van der Waals surface area contributed by atoms with Gasteiger partial charge in [-0.15, -0.1) is 0 Å². The molecule has 0 saturated carbocycles. The van der Waals surface area contributed by atoms with Gasteiger partial charge in [-0.25, -0.2) is 0 Å². The summed E-state index contributed by atoms with van der Waals surface area (Å²) in [5.41, 5.74) is 3.68. The molecule has 0 aliphatic carbocycles. The number of aryl methyl sites for hydroxylation is 3. The summed E-state index contributed by atoms with van der Waals surface area (Å²) in [5.74, 6) is 1.35. The smallest absolute Gasteiger partial charge is 0.262 e. The molecule has 2 N–H and O–H groups in total. The number of amides is 1. The largest absolute Gasteiger partial charge is 0.493 e. The van der Waals surface area contributed by atoms with Gasteiger partial charge in [0.05, 0.1) is 13.3 Å². The molecule has 156 valence electrons. The van der Waals surface area contributed by atoms with Crippen LogP contribution in [0, 0.1) is 25.5 Å². The molecule has 9 heteroatoms. The molecule has 0 radical (unpaired) electrons. The first-order chi connectivity index (χ1) is 14.4. The lowest BCUT2D eigenvalue weighted by Crippen LogP contribution is -2.20. The van der Waals surface area contributed by atoms with Gasteiger partial charge in [0, 0.05) is 5.69 Å². The van der Waals surface area contributed by atoms with E-state index in [2.05, 4.69) is 20.6 Å². The first-order valence-electron chi connectivity index (χ1n) is 9.23. The highest BCUT2D eigenvalue weighted by molar-refractivity contribution is 7.71. The van der Waals surface area contributed by atoms with Crippen LogP contribution in [0.15, 0.2) is 41.5 Å². The zero-order valence-corrected chi connectivity index (χ0v) is 18.0. The zero-order valence-electron chi connectivity index (χ0n) is 17.2.